The number of unbranched alkanes of at least 4 members (excludes halogenated alkanes) is 1. The molecule has 214 valence electrons. The van der Waals surface area contributed by atoms with Crippen LogP contribution >= 0.6 is 11.6 Å². The maximum atomic E-state index is 13.1. The Labute approximate surface area is 241 Å². The van der Waals surface area contributed by atoms with E-state index in [4.69, 9.17) is 16.3 Å². The van der Waals surface area contributed by atoms with Crippen molar-refractivity contribution in [3.05, 3.63) is 95.4 Å². The first kappa shape index (κ1) is 32.3. The number of nitrogens with zero attached hydrogens (tertiary/aromatic N) is 2. The lowest BCUT2D eigenvalue weighted by molar-refractivity contribution is 0.230. The molecule has 0 aromatic heterocycles. The number of allylic oxidation sites excluding steroid dienone is 1. The molecule has 0 saturated heterocycles. The highest BCUT2D eigenvalue weighted by atomic mass is 35.5. The van der Waals surface area contributed by atoms with E-state index in [9.17, 15) is 4.39 Å². The van der Waals surface area contributed by atoms with Crippen molar-refractivity contribution in [3.8, 4) is 5.75 Å². The van der Waals surface area contributed by atoms with Gasteiger partial charge in [-0.3, -0.25) is 0 Å². The van der Waals surface area contributed by atoms with Crippen LogP contribution in [0.4, 0.5) is 4.39 Å². The normalized spacial score (nSPS) is 11.5. The van der Waals surface area contributed by atoms with E-state index in [0.717, 1.165) is 67.2 Å². The van der Waals surface area contributed by atoms with Gasteiger partial charge in [-0.2, -0.15) is 0 Å². The number of rotatable bonds is 19. The highest BCUT2D eigenvalue weighted by Crippen LogP contribution is 2.31. The van der Waals surface area contributed by atoms with Crippen molar-refractivity contribution in [3.63, 3.8) is 0 Å². The fraction of sp³-hybridized carbons (Fsp3) is 0.455. The van der Waals surface area contributed by atoms with Crippen molar-refractivity contribution in [1.29, 1.82) is 0 Å². The highest BCUT2D eigenvalue weighted by molar-refractivity contribution is 6.32. The molecule has 2 aromatic carbocycles. The van der Waals surface area contributed by atoms with E-state index < -0.39 is 0 Å². The van der Waals surface area contributed by atoms with Gasteiger partial charge in [0.05, 0.1) is 24.0 Å². The van der Waals surface area contributed by atoms with Gasteiger partial charge in [-0.05, 0) is 80.5 Å². The number of benzene rings is 2. The molecular formula is C33H47ClFN3O. The van der Waals surface area contributed by atoms with Crippen LogP contribution in [0.5, 0.6) is 5.75 Å². The van der Waals surface area contributed by atoms with E-state index in [2.05, 4.69) is 75.0 Å². The van der Waals surface area contributed by atoms with Gasteiger partial charge in [-0.15, -0.1) is 0 Å². The Balaban J connectivity index is 2.11. The third-order valence-corrected chi connectivity index (χ3v) is 7.37. The first-order chi connectivity index (χ1) is 18.7. The van der Waals surface area contributed by atoms with Crippen LogP contribution in [0.1, 0.15) is 63.1 Å². The SMILES string of the molecule is C=C(CC[C@@H](C)N(Cc1ccccc1C)C(=C)NCC(=C)N(CCF)CCCC)c1ccc(OCC)cc1Cl. The molecule has 0 unspecified atom stereocenters. The summed E-state index contributed by atoms with van der Waals surface area (Å²) in [5, 5.41) is 4.13. The van der Waals surface area contributed by atoms with E-state index in [-0.39, 0.29) is 12.7 Å². The lowest BCUT2D eigenvalue weighted by Crippen LogP contribution is -2.40. The molecule has 0 fully saturated rings. The van der Waals surface area contributed by atoms with Gasteiger partial charge in [0, 0.05) is 31.4 Å². The summed E-state index contributed by atoms with van der Waals surface area (Å²) in [4.78, 5) is 4.33. The number of halogens is 2. The Morgan fingerprint density at radius 1 is 1.10 bits per heavy atom. The molecule has 0 aliphatic carbocycles. The van der Waals surface area contributed by atoms with Crippen molar-refractivity contribution in [2.45, 2.75) is 66.0 Å². The van der Waals surface area contributed by atoms with Crippen LogP contribution in [0.3, 0.4) is 0 Å². The number of hydrogen-bond acceptors (Lipinski definition) is 4. The van der Waals surface area contributed by atoms with Crippen molar-refractivity contribution < 1.29 is 9.13 Å². The maximum absolute atomic E-state index is 13.1. The third kappa shape index (κ3) is 10.3. The molecule has 4 nitrogen and oxygen atoms in total. The molecule has 0 aliphatic rings. The number of alkyl halides is 1. The Bertz CT molecular complexity index is 1090. The van der Waals surface area contributed by atoms with Crippen LogP contribution in [-0.2, 0) is 6.54 Å². The molecule has 0 saturated carbocycles. The van der Waals surface area contributed by atoms with Gasteiger partial charge in [-0.25, -0.2) is 4.39 Å². The molecule has 0 aliphatic heterocycles. The molecule has 0 bridgehead atoms. The molecule has 39 heavy (non-hydrogen) atoms. The predicted octanol–water partition coefficient (Wildman–Crippen LogP) is 8.38. The highest BCUT2D eigenvalue weighted by Gasteiger charge is 2.19. The van der Waals surface area contributed by atoms with E-state index >= 15 is 0 Å². The van der Waals surface area contributed by atoms with Gasteiger partial charge >= 0.3 is 0 Å². The molecule has 1 N–H and O–H groups in total. The minimum absolute atomic E-state index is 0.179. The van der Waals surface area contributed by atoms with Crippen LogP contribution in [0.15, 0.2) is 73.7 Å². The summed E-state index contributed by atoms with van der Waals surface area (Å²) in [5.41, 5.74) is 5.32. The molecular weight excluding hydrogens is 509 g/mol. The lowest BCUT2D eigenvalue weighted by Gasteiger charge is -2.35. The van der Waals surface area contributed by atoms with Gasteiger partial charge in [0.2, 0.25) is 0 Å². The van der Waals surface area contributed by atoms with Crippen LogP contribution in [0.2, 0.25) is 5.02 Å². The van der Waals surface area contributed by atoms with Crippen molar-refractivity contribution >= 4 is 17.2 Å². The number of aryl methyl sites for hydroxylation is 1. The van der Waals surface area contributed by atoms with Gasteiger partial charge in [-0.1, -0.05) is 68.9 Å². The topological polar surface area (TPSA) is 27.7 Å². The average Bonchev–Trinajstić information content (AvgIpc) is 2.92. The largest absolute Gasteiger partial charge is 0.494 e. The molecule has 0 heterocycles. The van der Waals surface area contributed by atoms with Crippen molar-refractivity contribution in [2.24, 2.45) is 0 Å². The summed E-state index contributed by atoms with van der Waals surface area (Å²) in [7, 11) is 0. The van der Waals surface area contributed by atoms with Gasteiger partial charge < -0.3 is 19.9 Å². The first-order valence-electron chi connectivity index (χ1n) is 14.0. The van der Waals surface area contributed by atoms with Crippen LogP contribution in [-0.4, -0.2) is 48.8 Å². The summed E-state index contributed by atoms with van der Waals surface area (Å²) in [6, 6.07) is 14.4. The lowest BCUT2D eigenvalue weighted by atomic mass is 9.99. The molecule has 0 spiro atoms. The van der Waals surface area contributed by atoms with E-state index in [1.165, 1.54) is 11.1 Å². The summed E-state index contributed by atoms with van der Waals surface area (Å²) in [5.74, 6) is 1.59. The Hall–Kier alpha value is -2.92. The zero-order valence-electron chi connectivity index (χ0n) is 24.4. The first-order valence-corrected chi connectivity index (χ1v) is 14.4. The van der Waals surface area contributed by atoms with Gasteiger partial charge in [0.25, 0.3) is 0 Å². The van der Waals surface area contributed by atoms with E-state index in [1.807, 2.05) is 30.0 Å². The zero-order chi connectivity index (χ0) is 28.8. The Morgan fingerprint density at radius 3 is 2.49 bits per heavy atom. The molecule has 6 heteroatoms. The maximum Gasteiger partial charge on any atom is 0.120 e. The quantitative estimate of drug-likeness (QED) is 0.188. The fourth-order valence-electron chi connectivity index (χ4n) is 4.50. The molecule has 2 aromatic rings. The Morgan fingerprint density at radius 2 is 1.85 bits per heavy atom. The van der Waals surface area contributed by atoms with Gasteiger partial charge in [0.1, 0.15) is 12.4 Å². The standard InChI is InChI=1S/C33H47ClFN3O/c1-8-10-20-37(21-19-35)28(6)23-36-29(7)38(24-30-14-12-11-13-25(30)3)27(5)16-15-26(4)32-18-17-31(39-9-2)22-33(32)34/h11-14,17-18,22,27,36H,4,6-10,15-16,19-21,23-24H2,1-3,5H3/t27-/m1/s1. The Kier molecular flexibility index (Phi) is 14.0. The molecule has 1 atom stereocenters. The second-order valence-electron chi connectivity index (χ2n) is 10.0. The zero-order valence-corrected chi connectivity index (χ0v) is 25.1. The van der Waals surface area contributed by atoms with Crippen molar-refractivity contribution in [2.75, 3.05) is 32.9 Å². The molecule has 2 rings (SSSR count). The summed E-state index contributed by atoms with van der Waals surface area (Å²) < 4.78 is 18.7. The predicted molar refractivity (Wildman–Crippen MR) is 166 cm³/mol. The smallest absolute Gasteiger partial charge is 0.120 e. The number of nitrogens with one attached hydrogen (secondary N) is 1. The second-order valence-corrected chi connectivity index (χ2v) is 10.4. The summed E-state index contributed by atoms with van der Waals surface area (Å²) >= 11 is 6.55. The van der Waals surface area contributed by atoms with Crippen LogP contribution < -0.4 is 10.1 Å². The molecule has 0 amide bonds. The minimum Gasteiger partial charge on any atom is -0.494 e. The second kappa shape index (κ2) is 16.9. The number of hydrogen-bond donors (Lipinski definition) is 1. The minimum atomic E-state index is -0.387. The fourth-order valence-corrected chi connectivity index (χ4v) is 4.80. The van der Waals surface area contributed by atoms with Crippen LogP contribution in [0.25, 0.3) is 5.57 Å². The summed E-state index contributed by atoms with van der Waals surface area (Å²) in [6.07, 6.45) is 3.74. The van der Waals surface area contributed by atoms with Crippen molar-refractivity contribution in [1.82, 2.24) is 15.1 Å². The monoisotopic (exact) mass is 555 g/mol. The average molecular weight is 556 g/mol. The van der Waals surface area contributed by atoms with Gasteiger partial charge in [0.15, 0.2) is 0 Å². The molecule has 0 radical (unpaired) electrons. The van der Waals surface area contributed by atoms with Crippen LogP contribution in [0, 0.1) is 6.92 Å². The van der Waals surface area contributed by atoms with E-state index in [0.29, 0.717) is 24.7 Å². The third-order valence-electron chi connectivity index (χ3n) is 7.06. The van der Waals surface area contributed by atoms with E-state index in [1.54, 1.807) is 0 Å². The number of ether oxygens (including phenoxy) is 1. The summed E-state index contributed by atoms with van der Waals surface area (Å²) in [6.45, 7) is 24.0.